The molecule has 1 heterocycles. The maximum absolute atomic E-state index is 12.6. The molecule has 0 bridgehead atoms. The van der Waals surface area contributed by atoms with Crippen molar-refractivity contribution in [2.45, 2.75) is 50.3 Å². The number of benzene rings is 1. The molecule has 2 aromatic rings. The molecule has 0 radical (unpaired) electrons. The lowest BCUT2D eigenvalue weighted by atomic mass is 9.92. The number of amides is 2. The number of hydrogen-bond acceptors (Lipinski definition) is 5. The van der Waals surface area contributed by atoms with Gasteiger partial charge in [0.2, 0.25) is 11.8 Å². The van der Waals surface area contributed by atoms with E-state index >= 15 is 0 Å². The monoisotopic (exact) mass is 416 g/mol. The predicted molar refractivity (Wildman–Crippen MR) is 110 cm³/mol. The molecule has 1 fully saturated rings. The fourth-order valence-corrected chi connectivity index (χ4v) is 3.66. The zero-order chi connectivity index (χ0) is 20.6. The molecule has 1 aromatic heterocycles. The van der Waals surface area contributed by atoms with Crippen LogP contribution in [0.1, 0.15) is 41.6 Å². The largest absolute Gasteiger partial charge is 0.474 e. The second kappa shape index (κ2) is 10.2. The number of carbonyl (C=O) groups excluding carboxylic acids is 2. The fourth-order valence-electron chi connectivity index (χ4n) is 3.49. The van der Waals surface area contributed by atoms with Crippen LogP contribution in [0.2, 0.25) is 0 Å². The van der Waals surface area contributed by atoms with Crippen molar-refractivity contribution in [3.63, 3.8) is 0 Å². The molecule has 1 atom stereocenters. The third-order valence-corrected chi connectivity index (χ3v) is 5.33. The fraction of sp³-hybridized carbons (Fsp3) is 0.381. The molecule has 2 amide bonds. The lowest BCUT2D eigenvalue weighted by molar-refractivity contribution is -0.123. The van der Waals surface area contributed by atoms with Crippen molar-refractivity contribution in [2.75, 3.05) is 0 Å². The number of halogens is 1. The number of hydrogen-bond donors (Lipinski definition) is 3. The number of aromatic nitrogens is 1. The van der Waals surface area contributed by atoms with Gasteiger partial charge in [-0.15, -0.1) is 0 Å². The number of primary amides is 1. The minimum Gasteiger partial charge on any atom is -0.474 e. The second-order valence-corrected chi connectivity index (χ2v) is 7.39. The highest BCUT2D eigenvalue weighted by atomic mass is 35.5. The molecule has 3 rings (SSSR count). The molecular weight excluding hydrogens is 392 g/mol. The third-order valence-electron chi connectivity index (χ3n) is 5.07. The minimum atomic E-state index is -0.563. The maximum Gasteiger partial charge on any atom is 0.254 e. The van der Waals surface area contributed by atoms with E-state index in [0.29, 0.717) is 6.42 Å². The molecule has 154 valence electrons. The topological polar surface area (TPSA) is 106 Å². The van der Waals surface area contributed by atoms with Crippen LogP contribution in [-0.2, 0) is 11.2 Å². The molecule has 1 aliphatic rings. The van der Waals surface area contributed by atoms with Gasteiger partial charge in [-0.2, -0.15) is 0 Å². The summed E-state index contributed by atoms with van der Waals surface area (Å²) in [6.45, 7) is 0. The van der Waals surface area contributed by atoms with Crippen molar-refractivity contribution < 1.29 is 14.3 Å². The van der Waals surface area contributed by atoms with Crippen LogP contribution < -0.4 is 20.6 Å². The van der Waals surface area contributed by atoms with E-state index in [9.17, 15) is 9.59 Å². The Labute approximate surface area is 175 Å². The van der Waals surface area contributed by atoms with E-state index in [1.54, 1.807) is 18.3 Å². The zero-order valence-electron chi connectivity index (χ0n) is 16.0. The summed E-state index contributed by atoms with van der Waals surface area (Å²) < 4.78 is 5.89. The van der Waals surface area contributed by atoms with E-state index in [0.717, 1.165) is 31.2 Å². The molecule has 1 saturated carbocycles. The lowest BCUT2D eigenvalue weighted by Gasteiger charge is -2.30. The average molecular weight is 417 g/mol. The average Bonchev–Trinajstić information content (AvgIpc) is 2.74. The molecule has 0 spiro atoms. The van der Waals surface area contributed by atoms with E-state index < -0.39 is 11.9 Å². The zero-order valence-corrected chi connectivity index (χ0v) is 16.8. The van der Waals surface area contributed by atoms with E-state index in [1.807, 2.05) is 30.3 Å². The van der Waals surface area contributed by atoms with Crippen LogP contribution in [0.5, 0.6) is 5.88 Å². The number of nitrogens with two attached hydrogens (primary N) is 1. The van der Waals surface area contributed by atoms with Gasteiger partial charge in [-0.05, 0) is 61.6 Å². The maximum atomic E-state index is 12.6. The molecule has 1 aliphatic carbocycles. The SMILES string of the molecule is NC(=O)c1cccnc1O[C@H]1CC[C@H](NC(=O)[C@H](Cc2ccccc2)NCl)CC1. The first-order valence-electron chi connectivity index (χ1n) is 9.68. The van der Waals surface area contributed by atoms with Crippen molar-refractivity contribution in [2.24, 2.45) is 5.73 Å². The summed E-state index contributed by atoms with van der Waals surface area (Å²) in [5, 5.41) is 3.07. The lowest BCUT2D eigenvalue weighted by Crippen LogP contribution is -2.48. The number of carbonyl (C=O) groups is 2. The summed E-state index contributed by atoms with van der Waals surface area (Å²) in [7, 11) is 0. The van der Waals surface area contributed by atoms with Crippen LogP contribution in [0.25, 0.3) is 0 Å². The smallest absolute Gasteiger partial charge is 0.254 e. The van der Waals surface area contributed by atoms with E-state index in [2.05, 4.69) is 15.1 Å². The summed E-state index contributed by atoms with van der Waals surface area (Å²) in [5.74, 6) is -0.414. The summed E-state index contributed by atoms with van der Waals surface area (Å²) in [6, 6.07) is 12.5. The molecule has 7 nitrogen and oxygen atoms in total. The highest BCUT2D eigenvalue weighted by molar-refractivity contribution is 6.15. The van der Waals surface area contributed by atoms with Gasteiger partial charge in [0.25, 0.3) is 5.91 Å². The Morgan fingerprint density at radius 1 is 1.14 bits per heavy atom. The molecule has 29 heavy (non-hydrogen) atoms. The normalized spacial score (nSPS) is 19.9. The van der Waals surface area contributed by atoms with Gasteiger partial charge in [-0.25, -0.2) is 9.82 Å². The van der Waals surface area contributed by atoms with E-state index in [4.69, 9.17) is 22.2 Å². The van der Waals surface area contributed by atoms with Crippen LogP contribution in [0.15, 0.2) is 48.7 Å². The number of nitrogens with one attached hydrogen (secondary N) is 2. The molecule has 1 aromatic carbocycles. The van der Waals surface area contributed by atoms with Crippen molar-refractivity contribution in [1.82, 2.24) is 15.1 Å². The van der Waals surface area contributed by atoms with Crippen molar-refractivity contribution in [1.29, 1.82) is 0 Å². The minimum absolute atomic E-state index is 0.0602. The number of ether oxygens (including phenoxy) is 1. The number of pyridine rings is 1. The van der Waals surface area contributed by atoms with Crippen molar-refractivity contribution >= 4 is 23.6 Å². The molecule has 0 unspecified atom stereocenters. The van der Waals surface area contributed by atoms with Gasteiger partial charge in [0.15, 0.2) is 0 Å². The second-order valence-electron chi connectivity index (χ2n) is 7.17. The van der Waals surface area contributed by atoms with Gasteiger partial charge >= 0.3 is 0 Å². The molecule has 8 heteroatoms. The number of rotatable bonds is 8. The van der Waals surface area contributed by atoms with Gasteiger partial charge in [-0.1, -0.05) is 30.3 Å². The van der Waals surface area contributed by atoms with Gasteiger partial charge < -0.3 is 15.8 Å². The van der Waals surface area contributed by atoms with Crippen LogP contribution in [0.3, 0.4) is 0 Å². The van der Waals surface area contributed by atoms with E-state index in [1.165, 1.54) is 0 Å². The van der Waals surface area contributed by atoms with Gasteiger partial charge in [0.05, 0.1) is 0 Å². The molecule has 0 saturated heterocycles. The standard InChI is InChI=1S/C21H25ClN4O3/c22-26-18(13-14-5-2-1-3-6-14)20(28)25-15-8-10-16(11-9-15)29-21-17(19(23)27)7-4-12-24-21/h1-7,12,15-16,18,26H,8-11,13H2,(H2,23,27)(H,25,28)/t15-,16-,18-/m0/s1. The summed E-state index contributed by atoms with van der Waals surface area (Å²) >= 11 is 5.81. The Morgan fingerprint density at radius 3 is 2.52 bits per heavy atom. The van der Waals surface area contributed by atoms with E-state index in [-0.39, 0.29) is 29.5 Å². The van der Waals surface area contributed by atoms with Crippen molar-refractivity contribution in [3.05, 3.63) is 59.8 Å². The first kappa shape index (κ1) is 21.1. The number of nitrogens with zero attached hydrogens (tertiary/aromatic N) is 1. The Morgan fingerprint density at radius 2 is 1.86 bits per heavy atom. The molecule has 0 aliphatic heterocycles. The first-order chi connectivity index (χ1) is 14.1. The first-order valence-corrected chi connectivity index (χ1v) is 10.1. The molecular formula is C21H25ClN4O3. The quantitative estimate of drug-likeness (QED) is 0.572. The molecule has 4 N–H and O–H groups in total. The highest BCUT2D eigenvalue weighted by Crippen LogP contribution is 2.25. The summed E-state index contributed by atoms with van der Waals surface area (Å²) in [5.41, 5.74) is 6.69. The Bertz CT molecular complexity index is 826. The van der Waals surface area contributed by atoms with Gasteiger partial charge in [0, 0.05) is 12.2 Å². The third kappa shape index (κ3) is 5.92. The summed E-state index contributed by atoms with van der Waals surface area (Å²) in [4.78, 5) is 30.8. The predicted octanol–water partition coefficient (Wildman–Crippen LogP) is 2.34. The van der Waals surface area contributed by atoms with Crippen LogP contribution in [0, 0.1) is 0 Å². The Kier molecular flexibility index (Phi) is 7.43. The van der Waals surface area contributed by atoms with Crippen LogP contribution >= 0.6 is 11.8 Å². The Hall–Kier alpha value is -2.64. The van der Waals surface area contributed by atoms with Crippen molar-refractivity contribution in [3.8, 4) is 5.88 Å². The highest BCUT2D eigenvalue weighted by Gasteiger charge is 2.27. The Balaban J connectivity index is 1.49. The summed E-state index contributed by atoms with van der Waals surface area (Å²) in [6.07, 6.45) is 5.06. The van der Waals surface area contributed by atoms with Gasteiger partial charge in [-0.3, -0.25) is 9.59 Å². The van der Waals surface area contributed by atoms with Crippen LogP contribution in [0.4, 0.5) is 0 Å². The van der Waals surface area contributed by atoms with Gasteiger partial charge in [0.1, 0.15) is 17.7 Å². The van der Waals surface area contributed by atoms with Crippen LogP contribution in [-0.4, -0.2) is 35.0 Å².